The van der Waals surface area contributed by atoms with Crippen LogP contribution in [0.15, 0.2) is 41.5 Å². The first-order valence-electron chi connectivity index (χ1n) is 8.44. The van der Waals surface area contributed by atoms with Crippen LogP contribution in [0.25, 0.3) is 33.3 Å². The smallest absolute Gasteiger partial charge is 0.335 e. The summed E-state index contributed by atoms with van der Waals surface area (Å²) in [6, 6.07) is 7.90. The third-order valence-corrected chi connectivity index (χ3v) is 4.19. The minimum Gasteiger partial charge on any atom is -0.493 e. The number of nitrogens with zero attached hydrogens (tertiary/aromatic N) is 2. The predicted octanol–water partition coefficient (Wildman–Crippen LogP) is 2.95. The average molecular weight is 364 g/mol. The Balaban J connectivity index is 1.94. The van der Waals surface area contributed by atoms with Crippen LogP contribution in [0.1, 0.15) is 23.7 Å². The Morgan fingerprint density at radius 2 is 2.07 bits per heavy atom. The van der Waals surface area contributed by atoms with Crippen LogP contribution in [0.3, 0.4) is 0 Å². The van der Waals surface area contributed by atoms with Crippen LogP contribution in [0.5, 0.6) is 5.75 Å². The van der Waals surface area contributed by atoms with Gasteiger partial charge >= 0.3 is 5.97 Å². The maximum atomic E-state index is 12.6. The van der Waals surface area contributed by atoms with Crippen LogP contribution in [-0.4, -0.2) is 37.6 Å². The fourth-order valence-corrected chi connectivity index (χ4v) is 2.88. The van der Waals surface area contributed by atoms with E-state index in [1.54, 1.807) is 24.5 Å². The van der Waals surface area contributed by atoms with E-state index in [4.69, 9.17) is 4.74 Å². The van der Waals surface area contributed by atoms with Gasteiger partial charge in [0.2, 0.25) is 0 Å². The number of aromatic carboxylic acids is 1. The largest absolute Gasteiger partial charge is 0.493 e. The molecular formula is C19H16N4O4. The zero-order valence-corrected chi connectivity index (χ0v) is 14.4. The number of benzene rings is 2. The Morgan fingerprint density at radius 3 is 2.85 bits per heavy atom. The summed E-state index contributed by atoms with van der Waals surface area (Å²) in [5, 5.41) is 9.72. The number of carbonyl (C=O) groups is 1. The molecule has 2 aromatic carbocycles. The Morgan fingerprint density at radius 1 is 1.22 bits per heavy atom. The Bertz CT molecular complexity index is 1230. The maximum Gasteiger partial charge on any atom is 0.335 e. The topological polar surface area (TPSA) is 121 Å². The summed E-state index contributed by atoms with van der Waals surface area (Å²) in [6.07, 6.45) is 2.34. The van der Waals surface area contributed by atoms with E-state index in [-0.39, 0.29) is 16.9 Å². The highest BCUT2D eigenvalue weighted by Gasteiger charge is 2.15. The fourth-order valence-electron chi connectivity index (χ4n) is 2.88. The van der Waals surface area contributed by atoms with Gasteiger partial charge in [-0.2, -0.15) is 0 Å². The van der Waals surface area contributed by atoms with Crippen molar-refractivity contribution in [3.63, 3.8) is 0 Å². The highest BCUT2D eigenvalue weighted by molar-refractivity contribution is 5.94. The van der Waals surface area contributed by atoms with E-state index in [0.717, 1.165) is 11.9 Å². The van der Waals surface area contributed by atoms with Crippen LogP contribution in [0, 0.1) is 0 Å². The number of H-pyrrole nitrogens is 2. The standard InChI is InChI=1S/C19H16N4O4/c1-2-5-27-16-4-3-10(19(25)26)6-12(16)17-22-13-8-15-14(20-9-21-15)7-11(13)18(24)23-17/h3-4,6-9H,2,5H2,1H3,(H,20,21)(H,25,26)(H,22,23,24). The molecule has 0 fully saturated rings. The second kappa shape index (κ2) is 6.56. The van der Waals surface area contributed by atoms with Gasteiger partial charge in [-0.25, -0.2) is 14.8 Å². The van der Waals surface area contributed by atoms with Gasteiger partial charge in [-0.15, -0.1) is 0 Å². The van der Waals surface area contributed by atoms with Crippen molar-refractivity contribution < 1.29 is 14.6 Å². The average Bonchev–Trinajstić information content (AvgIpc) is 3.12. The Hall–Kier alpha value is -3.68. The first-order chi connectivity index (χ1) is 13.1. The molecule has 2 aromatic heterocycles. The molecule has 0 bridgehead atoms. The number of fused-ring (bicyclic) bond motifs is 2. The Kier molecular flexibility index (Phi) is 4.08. The lowest BCUT2D eigenvalue weighted by molar-refractivity contribution is 0.0697. The normalized spacial score (nSPS) is 11.1. The number of carboxylic acids is 1. The number of rotatable bonds is 5. The van der Waals surface area contributed by atoms with E-state index in [0.29, 0.717) is 34.3 Å². The van der Waals surface area contributed by atoms with Crippen molar-refractivity contribution in [3.05, 3.63) is 52.6 Å². The van der Waals surface area contributed by atoms with E-state index < -0.39 is 5.97 Å². The number of aromatic amines is 2. The van der Waals surface area contributed by atoms with Gasteiger partial charge < -0.3 is 19.8 Å². The SMILES string of the molecule is CCCOc1ccc(C(=O)O)cc1-c1nc2cc3nc[nH]c3cc2c(=O)[nH]1. The summed E-state index contributed by atoms with van der Waals surface area (Å²) < 4.78 is 5.71. The minimum atomic E-state index is -1.07. The number of ether oxygens (including phenoxy) is 1. The maximum absolute atomic E-state index is 12.6. The van der Waals surface area contributed by atoms with Crippen molar-refractivity contribution in [1.29, 1.82) is 0 Å². The number of hydrogen-bond donors (Lipinski definition) is 3. The van der Waals surface area contributed by atoms with Crippen molar-refractivity contribution in [2.24, 2.45) is 0 Å². The highest BCUT2D eigenvalue weighted by atomic mass is 16.5. The van der Waals surface area contributed by atoms with E-state index in [1.165, 1.54) is 12.1 Å². The molecule has 2 heterocycles. The van der Waals surface area contributed by atoms with Gasteiger partial charge in [-0.3, -0.25) is 4.79 Å². The van der Waals surface area contributed by atoms with Gasteiger partial charge in [0.05, 0.1) is 46.0 Å². The fraction of sp³-hybridized carbons (Fsp3) is 0.158. The van der Waals surface area contributed by atoms with E-state index in [1.807, 2.05) is 6.92 Å². The molecule has 4 rings (SSSR count). The molecule has 0 saturated carbocycles. The lowest BCUT2D eigenvalue weighted by Gasteiger charge is -2.12. The molecule has 0 aliphatic rings. The van der Waals surface area contributed by atoms with Crippen molar-refractivity contribution in [2.45, 2.75) is 13.3 Å². The van der Waals surface area contributed by atoms with Crippen LogP contribution >= 0.6 is 0 Å². The molecular weight excluding hydrogens is 348 g/mol. The molecule has 27 heavy (non-hydrogen) atoms. The van der Waals surface area contributed by atoms with Crippen molar-refractivity contribution in [3.8, 4) is 17.1 Å². The van der Waals surface area contributed by atoms with Gasteiger partial charge in [0, 0.05) is 0 Å². The summed E-state index contributed by atoms with van der Waals surface area (Å²) in [5.41, 5.74) is 2.07. The molecule has 0 radical (unpaired) electrons. The summed E-state index contributed by atoms with van der Waals surface area (Å²) in [5.74, 6) is -0.360. The number of aromatic nitrogens is 4. The first kappa shape index (κ1) is 16.8. The second-order valence-electron chi connectivity index (χ2n) is 6.07. The predicted molar refractivity (Wildman–Crippen MR) is 100 cm³/mol. The summed E-state index contributed by atoms with van der Waals surface area (Å²) in [4.78, 5) is 38.4. The lowest BCUT2D eigenvalue weighted by Crippen LogP contribution is -2.11. The van der Waals surface area contributed by atoms with Crippen molar-refractivity contribution in [2.75, 3.05) is 6.61 Å². The first-order valence-corrected chi connectivity index (χ1v) is 8.44. The van der Waals surface area contributed by atoms with Gasteiger partial charge in [0.15, 0.2) is 0 Å². The molecule has 4 aromatic rings. The molecule has 136 valence electrons. The van der Waals surface area contributed by atoms with Crippen LogP contribution < -0.4 is 10.3 Å². The van der Waals surface area contributed by atoms with Crippen LogP contribution in [0.2, 0.25) is 0 Å². The quantitative estimate of drug-likeness (QED) is 0.501. The van der Waals surface area contributed by atoms with Gasteiger partial charge in [0.1, 0.15) is 11.6 Å². The summed E-state index contributed by atoms with van der Waals surface area (Å²) >= 11 is 0. The molecule has 0 aliphatic carbocycles. The molecule has 0 spiro atoms. The molecule has 0 aliphatic heterocycles. The molecule has 8 nitrogen and oxygen atoms in total. The summed E-state index contributed by atoms with van der Waals surface area (Å²) in [7, 11) is 0. The van der Waals surface area contributed by atoms with E-state index in [9.17, 15) is 14.7 Å². The van der Waals surface area contributed by atoms with Crippen molar-refractivity contribution >= 4 is 27.9 Å². The minimum absolute atomic E-state index is 0.0827. The second-order valence-corrected chi connectivity index (χ2v) is 6.07. The van der Waals surface area contributed by atoms with E-state index in [2.05, 4.69) is 19.9 Å². The van der Waals surface area contributed by atoms with Gasteiger partial charge in [0.25, 0.3) is 5.56 Å². The number of carboxylic acid groups (broad SMARTS) is 1. The number of hydrogen-bond acceptors (Lipinski definition) is 5. The zero-order valence-electron chi connectivity index (χ0n) is 14.4. The third-order valence-electron chi connectivity index (χ3n) is 4.19. The Labute approximate surface area is 152 Å². The number of nitrogens with one attached hydrogen (secondary N) is 2. The molecule has 8 heteroatoms. The van der Waals surface area contributed by atoms with Crippen LogP contribution in [-0.2, 0) is 0 Å². The highest BCUT2D eigenvalue weighted by Crippen LogP contribution is 2.29. The molecule has 0 unspecified atom stereocenters. The monoisotopic (exact) mass is 364 g/mol. The lowest BCUT2D eigenvalue weighted by atomic mass is 10.1. The van der Waals surface area contributed by atoms with Gasteiger partial charge in [-0.1, -0.05) is 6.92 Å². The molecule has 0 atom stereocenters. The zero-order chi connectivity index (χ0) is 19.0. The molecule has 3 N–H and O–H groups in total. The summed E-state index contributed by atoms with van der Waals surface area (Å²) in [6.45, 7) is 2.43. The molecule has 0 saturated heterocycles. The van der Waals surface area contributed by atoms with Gasteiger partial charge in [-0.05, 0) is 36.8 Å². The van der Waals surface area contributed by atoms with E-state index >= 15 is 0 Å². The molecule has 0 amide bonds. The van der Waals surface area contributed by atoms with Crippen molar-refractivity contribution in [1.82, 2.24) is 19.9 Å². The third kappa shape index (κ3) is 3.01. The number of imidazole rings is 1. The van der Waals surface area contributed by atoms with Crippen LogP contribution in [0.4, 0.5) is 0 Å².